The molecule has 0 spiro atoms. The SMILES string of the molecule is COc1ccc(CCNC(=NCCCn2nc(C)cc2C)NCCc2ccco2)cc1. The minimum atomic E-state index is 0.733. The molecule has 1 aromatic carbocycles. The van der Waals surface area contributed by atoms with Crippen LogP contribution in [0.15, 0.2) is 58.1 Å². The fourth-order valence-electron chi connectivity index (χ4n) is 3.36. The molecule has 0 bridgehead atoms. The molecule has 3 rings (SSSR count). The Kier molecular flexibility index (Phi) is 8.58. The van der Waals surface area contributed by atoms with E-state index in [1.807, 2.05) is 35.9 Å². The Balaban J connectivity index is 1.48. The van der Waals surface area contributed by atoms with Crippen LogP contribution in [0.3, 0.4) is 0 Å². The van der Waals surface area contributed by atoms with Gasteiger partial charge in [0.05, 0.1) is 19.1 Å². The highest BCUT2D eigenvalue weighted by atomic mass is 16.5. The molecular formula is C24H33N5O2. The zero-order valence-corrected chi connectivity index (χ0v) is 18.7. The molecule has 0 aliphatic rings. The lowest BCUT2D eigenvalue weighted by Crippen LogP contribution is -2.39. The summed E-state index contributed by atoms with van der Waals surface area (Å²) in [4.78, 5) is 4.76. The number of hydrogen-bond donors (Lipinski definition) is 2. The summed E-state index contributed by atoms with van der Waals surface area (Å²) in [5, 5.41) is 11.4. The number of aliphatic imine (C=N–C) groups is 1. The molecule has 3 aromatic rings. The van der Waals surface area contributed by atoms with E-state index in [4.69, 9.17) is 14.1 Å². The van der Waals surface area contributed by atoms with Gasteiger partial charge in [-0.1, -0.05) is 12.1 Å². The first-order valence-corrected chi connectivity index (χ1v) is 10.8. The van der Waals surface area contributed by atoms with E-state index in [1.165, 1.54) is 11.3 Å². The number of nitrogens with one attached hydrogen (secondary N) is 2. The maximum atomic E-state index is 5.41. The van der Waals surface area contributed by atoms with Crippen LogP contribution in [-0.2, 0) is 19.4 Å². The van der Waals surface area contributed by atoms with Crippen LogP contribution < -0.4 is 15.4 Å². The average Bonchev–Trinajstić information content (AvgIpc) is 3.40. The topological polar surface area (TPSA) is 76.6 Å². The molecule has 2 N–H and O–H groups in total. The minimum absolute atomic E-state index is 0.733. The third kappa shape index (κ3) is 7.51. The van der Waals surface area contributed by atoms with Crippen LogP contribution in [-0.4, -0.2) is 42.5 Å². The van der Waals surface area contributed by atoms with E-state index in [2.05, 4.69) is 40.9 Å². The predicted octanol–water partition coefficient (Wildman–Crippen LogP) is 3.51. The van der Waals surface area contributed by atoms with Gasteiger partial charge >= 0.3 is 0 Å². The van der Waals surface area contributed by atoms with Gasteiger partial charge < -0.3 is 19.8 Å². The number of furan rings is 1. The Hall–Kier alpha value is -3.22. The summed E-state index contributed by atoms with van der Waals surface area (Å²) >= 11 is 0. The number of rotatable bonds is 11. The lowest BCUT2D eigenvalue weighted by atomic mass is 10.1. The Morgan fingerprint density at radius 3 is 2.52 bits per heavy atom. The normalized spacial score (nSPS) is 11.5. The Morgan fingerprint density at radius 1 is 1.10 bits per heavy atom. The number of hydrogen-bond acceptors (Lipinski definition) is 4. The predicted molar refractivity (Wildman–Crippen MR) is 124 cm³/mol. The van der Waals surface area contributed by atoms with Gasteiger partial charge in [0, 0.05) is 38.3 Å². The minimum Gasteiger partial charge on any atom is -0.497 e. The van der Waals surface area contributed by atoms with E-state index in [-0.39, 0.29) is 0 Å². The quantitative estimate of drug-likeness (QED) is 0.280. The van der Waals surface area contributed by atoms with E-state index in [1.54, 1.807) is 13.4 Å². The van der Waals surface area contributed by atoms with Crippen LogP contribution in [0, 0.1) is 13.8 Å². The van der Waals surface area contributed by atoms with Crippen molar-refractivity contribution in [2.24, 2.45) is 4.99 Å². The molecule has 0 saturated heterocycles. The van der Waals surface area contributed by atoms with Gasteiger partial charge in [-0.2, -0.15) is 5.10 Å². The summed E-state index contributed by atoms with van der Waals surface area (Å²) in [5.41, 5.74) is 3.50. The Labute approximate surface area is 184 Å². The van der Waals surface area contributed by atoms with Crippen LogP contribution >= 0.6 is 0 Å². The van der Waals surface area contributed by atoms with Crippen molar-refractivity contribution in [1.82, 2.24) is 20.4 Å². The fourth-order valence-corrected chi connectivity index (χ4v) is 3.36. The van der Waals surface area contributed by atoms with E-state index < -0.39 is 0 Å². The van der Waals surface area contributed by atoms with Crippen molar-refractivity contribution in [3.05, 3.63) is 71.4 Å². The Morgan fingerprint density at radius 2 is 1.87 bits per heavy atom. The molecule has 7 nitrogen and oxygen atoms in total. The first-order chi connectivity index (χ1) is 15.1. The number of methoxy groups -OCH3 is 1. The number of aromatic nitrogens is 2. The van der Waals surface area contributed by atoms with Crippen LogP contribution in [0.1, 0.15) is 29.1 Å². The zero-order chi connectivity index (χ0) is 21.9. The summed E-state index contributed by atoms with van der Waals surface area (Å²) in [6.07, 6.45) is 4.37. The molecule has 0 saturated carbocycles. The van der Waals surface area contributed by atoms with Gasteiger partial charge in [-0.25, -0.2) is 0 Å². The smallest absolute Gasteiger partial charge is 0.191 e. The van der Waals surface area contributed by atoms with Crippen molar-refractivity contribution >= 4 is 5.96 Å². The number of ether oxygens (including phenoxy) is 1. The number of guanidine groups is 1. The van der Waals surface area contributed by atoms with Gasteiger partial charge in [0.1, 0.15) is 11.5 Å². The second-order valence-electron chi connectivity index (χ2n) is 7.52. The summed E-state index contributed by atoms with van der Waals surface area (Å²) in [7, 11) is 1.68. The maximum Gasteiger partial charge on any atom is 0.191 e. The third-order valence-corrected chi connectivity index (χ3v) is 5.01. The molecule has 2 heterocycles. The van der Waals surface area contributed by atoms with Gasteiger partial charge in [0.25, 0.3) is 0 Å². The second-order valence-corrected chi connectivity index (χ2v) is 7.52. The highest BCUT2D eigenvalue weighted by Gasteiger charge is 2.03. The van der Waals surface area contributed by atoms with E-state index in [0.29, 0.717) is 0 Å². The highest BCUT2D eigenvalue weighted by molar-refractivity contribution is 5.79. The molecule has 0 atom stereocenters. The van der Waals surface area contributed by atoms with Gasteiger partial charge in [-0.15, -0.1) is 0 Å². The van der Waals surface area contributed by atoms with Gasteiger partial charge in [0.2, 0.25) is 0 Å². The van der Waals surface area contributed by atoms with E-state index in [9.17, 15) is 0 Å². The first kappa shape index (κ1) is 22.5. The molecule has 0 fully saturated rings. The molecule has 0 radical (unpaired) electrons. The highest BCUT2D eigenvalue weighted by Crippen LogP contribution is 2.11. The van der Waals surface area contributed by atoms with Crippen molar-refractivity contribution in [1.29, 1.82) is 0 Å². The molecule has 31 heavy (non-hydrogen) atoms. The average molecular weight is 424 g/mol. The van der Waals surface area contributed by atoms with Crippen molar-refractivity contribution < 1.29 is 9.15 Å². The first-order valence-electron chi connectivity index (χ1n) is 10.8. The van der Waals surface area contributed by atoms with Crippen molar-refractivity contribution in [2.45, 2.75) is 39.7 Å². The lowest BCUT2D eigenvalue weighted by Gasteiger charge is -2.13. The van der Waals surface area contributed by atoms with Crippen molar-refractivity contribution in [3.8, 4) is 5.75 Å². The zero-order valence-electron chi connectivity index (χ0n) is 18.7. The van der Waals surface area contributed by atoms with Crippen LogP contribution in [0.25, 0.3) is 0 Å². The fraction of sp³-hybridized carbons (Fsp3) is 0.417. The Bertz CT molecular complexity index is 930. The van der Waals surface area contributed by atoms with Gasteiger partial charge in [0.15, 0.2) is 5.96 Å². The van der Waals surface area contributed by atoms with Gasteiger partial charge in [-0.05, 0) is 62.6 Å². The molecule has 7 heteroatoms. The summed E-state index contributed by atoms with van der Waals surface area (Å²) in [6.45, 7) is 7.28. The van der Waals surface area contributed by atoms with Crippen molar-refractivity contribution in [3.63, 3.8) is 0 Å². The monoisotopic (exact) mass is 423 g/mol. The summed E-state index contributed by atoms with van der Waals surface area (Å²) in [6, 6.07) is 14.2. The molecule has 0 aliphatic carbocycles. The standard InChI is InChI=1S/C24H33N5O2/c1-19-18-20(2)29(28-19)16-5-13-25-24(27-15-12-23-6-4-17-31-23)26-14-11-21-7-9-22(30-3)10-8-21/h4,6-10,17-18H,5,11-16H2,1-3H3,(H2,25,26,27). The molecule has 0 amide bonds. The van der Waals surface area contributed by atoms with Crippen LogP contribution in [0.4, 0.5) is 0 Å². The maximum absolute atomic E-state index is 5.41. The van der Waals surface area contributed by atoms with Crippen molar-refractivity contribution in [2.75, 3.05) is 26.7 Å². The number of aryl methyl sites for hydroxylation is 3. The molecule has 2 aromatic heterocycles. The second kappa shape index (κ2) is 11.8. The third-order valence-electron chi connectivity index (χ3n) is 5.01. The van der Waals surface area contributed by atoms with Gasteiger partial charge in [-0.3, -0.25) is 9.67 Å². The summed E-state index contributed by atoms with van der Waals surface area (Å²) in [5.74, 6) is 2.67. The molecular weight excluding hydrogens is 390 g/mol. The molecule has 166 valence electrons. The number of benzene rings is 1. The largest absolute Gasteiger partial charge is 0.497 e. The van der Waals surface area contributed by atoms with Crippen LogP contribution in [0.5, 0.6) is 5.75 Å². The lowest BCUT2D eigenvalue weighted by molar-refractivity contribution is 0.414. The van der Waals surface area contributed by atoms with E-state index >= 15 is 0 Å². The molecule has 0 unspecified atom stereocenters. The summed E-state index contributed by atoms with van der Waals surface area (Å²) < 4.78 is 12.7. The van der Waals surface area contributed by atoms with E-state index in [0.717, 1.165) is 68.6 Å². The number of nitrogens with zero attached hydrogens (tertiary/aromatic N) is 3. The molecule has 0 aliphatic heterocycles. The van der Waals surface area contributed by atoms with Crippen LogP contribution in [0.2, 0.25) is 0 Å².